The highest BCUT2D eigenvalue weighted by Gasteiger charge is 2.18. The molecule has 0 saturated carbocycles. The Morgan fingerprint density at radius 2 is 1.76 bits per heavy atom. The fourth-order valence-corrected chi connectivity index (χ4v) is 4.18. The van der Waals surface area contributed by atoms with Gasteiger partial charge in [-0.1, -0.05) is 6.07 Å². The summed E-state index contributed by atoms with van der Waals surface area (Å²) in [6, 6.07) is 16.4. The standard InChI is InChI=1S/C21H18N2O4S2/c1-13(20(24)23-15-6-9-17-18(11-15)27-12-26-17)29-16-7-4-14(5-8-16)22-21(25)19-3-2-10-28-19/h2-11,13H,12H2,1H3,(H,22,25)(H,23,24). The lowest BCUT2D eigenvalue weighted by atomic mass is 10.2. The predicted molar refractivity (Wildman–Crippen MR) is 115 cm³/mol. The molecule has 3 aromatic rings. The van der Waals surface area contributed by atoms with Gasteiger partial charge >= 0.3 is 0 Å². The van der Waals surface area contributed by atoms with Crippen molar-refractivity contribution in [2.45, 2.75) is 17.1 Å². The van der Waals surface area contributed by atoms with Gasteiger partial charge in [-0.2, -0.15) is 0 Å². The summed E-state index contributed by atoms with van der Waals surface area (Å²) in [4.78, 5) is 26.2. The van der Waals surface area contributed by atoms with E-state index in [4.69, 9.17) is 9.47 Å². The highest BCUT2D eigenvalue weighted by molar-refractivity contribution is 8.00. The number of nitrogens with one attached hydrogen (secondary N) is 2. The Hall–Kier alpha value is -2.97. The molecule has 148 valence electrons. The van der Waals surface area contributed by atoms with Crippen molar-refractivity contribution >= 4 is 46.3 Å². The summed E-state index contributed by atoms with van der Waals surface area (Å²) in [5.41, 5.74) is 1.38. The van der Waals surface area contributed by atoms with Gasteiger partial charge in [-0.15, -0.1) is 23.1 Å². The number of ether oxygens (including phenoxy) is 2. The summed E-state index contributed by atoms with van der Waals surface area (Å²) in [6.07, 6.45) is 0. The van der Waals surface area contributed by atoms with Gasteiger partial charge in [-0.3, -0.25) is 9.59 Å². The molecule has 0 radical (unpaired) electrons. The summed E-state index contributed by atoms with van der Waals surface area (Å²) in [6.45, 7) is 2.04. The van der Waals surface area contributed by atoms with Crippen molar-refractivity contribution in [2.24, 2.45) is 0 Å². The van der Waals surface area contributed by atoms with E-state index >= 15 is 0 Å². The van der Waals surface area contributed by atoms with Gasteiger partial charge in [0.05, 0.1) is 10.1 Å². The van der Waals surface area contributed by atoms with Crippen molar-refractivity contribution in [3.05, 3.63) is 64.9 Å². The number of fused-ring (bicyclic) bond motifs is 1. The van der Waals surface area contributed by atoms with E-state index in [0.29, 0.717) is 27.8 Å². The summed E-state index contributed by atoms with van der Waals surface area (Å²) >= 11 is 2.84. The molecule has 1 atom stereocenters. The molecule has 0 spiro atoms. The molecule has 29 heavy (non-hydrogen) atoms. The number of rotatable bonds is 6. The van der Waals surface area contributed by atoms with Gasteiger partial charge < -0.3 is 20.1 Å². The lowest BCUT2D eigenvalue weighted by Gasteiger charge is -2.13. The van der Waals surface area contributed by atoms with Crippen molar-refractivity contribution in [3.63, 3.8) is 0 Å². The maximum Gasteiger partial charge on any atom is 0.265 e. The van der Waals surface area contributed by atoms with Crippen molar-refractivity contribution in [2.75, 3.05) is 17.4 Å². The number of anilines is 2. The molecule has 0 fully saturated rings. The van der Waals surface area contributed by atoms with Crippen molar-refractivity contribution < 1.29 is 19.1 Å². The van der Waals surface area contributed by atoms with Gasteiger partial charge in [0.2, 0.25) is 12.7 Å². The largest absolute Gasteiger partial charge is 0.454 e. The quantitative estimate of drug-likeness (QED) is 0.551. The Balaban J connectivity index is 1.32. The Bertz CT molecular complexity index is 1020. The summed E-state index contributed by atoms with van der Waals surface area (Å²) < 4.78 is 10.6. The smallest absolute Gasteiger partial charge is 0.265 e. The van der Waals surface area contributed by atoms with Crippen molar-refractivity contribution in [1.82, 2.24) is 0 Å². The van der Waals surface area contributed by atoms with Crippen LogP contribution < -0.4 is 20.1 Å². The lowest BCUT2D eigenvalue weighted by molar-refractivity contribution is -0.115. The first-order valence-corrected chi connectivity index (χ1v) is 10.7. The first-order valence-electron chi connectivity index (χ1n) is 8.90. The maximum absolute atomic E-state index is 12.5. The Kier molecular flexibility index (Phi) is 5.73. The second-order valence-electron chi connectivity index (χ2n) is 6.27. The average molecular weight is 427 g/mol. The molecular weight excluding hydrogens is 408 g/mol. The monoisotopic (exact) mass is 426 g/mol. The first kappa shape index (κ1) is 19.4. The molecule has 6 nitrogen and oxygen atoms in total. The molecule has 1 aliphatic rings. The zero-order chi connectivity index (χ0) is 20.2. The van der Waals surface area contributed by atoms with Crippen LogP contribution >= 0.6 is 23.1 Å². The molecule has 0 saturated heterocycles. The van der Waals surface area contributed by atoms with Gasteiger partial charge in [-0.25, -0.2) is 0 Å². The van der Waals surface area contributed by atoms with Crippen molar-refractivity contribution in [3.8, 4) is 11.5 Å². The lowest BCUT2D eigenvalue weighted by Crippen LogP contribution is -2.22. The summed E-state index contributed by atoms with van der Waals surface area (Å²) in [7, 11) is 0. The van der Waals surface area contributed by atoms with Gasteiger partial charge in [-0.05, 0) is 54.8 Å². The third kappa shape index (κ3) is 4.72. The Morgan fingerprint density at radius 1 is 1.00 bits per heavy atom. The highest BCUT2D eigenvalue weighted by Crippen LogP contribution is 2.34. The van der Waals surface area contributed by atoms with E-state index < -0.39 is 0 Å². The molecule has 0 aliphatic carbocycles. The number of benzene rings is 2. The topological polar surface area (TPSA) is 76.7 Å². The molecule has 1 aromatic heterocycles. The van der Waals surface area contributed by atoms with Crippen LogP contribution in [0.4, 0.5) is 11.4 Å². The van der Waals surface area contributed by atoms with Crippen LogP contribution in [-0.4, -0.2) is 23.9 Å². The summed E-state index contributed by atoms with van der Waals surface area (Å²) in [5, 5.41) is 7.32. The van der Waals surface area contributed by atoms with E-state index in [1.54, 1.807) is 24.3 Å². The van der Waals surface area contributed by atoms with Crippen LogP contribution in [0.5, 0.6) is 11.5 Å². The van der Waals surface area contributed by atoms with Crippen LogP contribution in [0.2, 0.25) is 0 Å². The van der Waals surface area contributed by atoms with Crippen LogP contribution in [0, 0.1) is 0 Å². The van der Waals surface area contributed by atoms with E-state index in [2.05, 4.69) is 10.6 Å². The minimum atomic E-state index is -0.299. The third-order valence-corrected chi connectivity index (χ3v) is 6.16. The molecule has 8 heteroatoms. The van der Waals surface area contributed by atoms with Crippen LogP contribution in [0.1, 0.15) is 16.6 Å². The molecule has 0 bridgehead atoms. The van der Waals surface area contributed by atoms with E-state index in [9.17, 15) is 9.59 Å². The Morgan fingerprint density at radius 3 is 2.52 bits per heavy atom. The van der Waals surface area contributed by atoms with E-state index in [0.717, 1.165) is 4.90 Å². The van der Waals surface area contributed by atoms with Gasteiger partial charge in [0.1, 0.15) is 0 Å². The van der Waals surface area contributed by atoms with Crippen LogP contribution in [-0.2, 0) is 4.79 Å². The van der Waals surface area contributed by atoms with Gasteiger partial charge in [0.25, 0.3) is 5.91 Å². The molecular formula is C21H18N2O4S2. The fourth-order valence-electron chi connectivity index (χ4n) is 2.69. The highest BCUT2D eigenvalue weighted by atomic mass is 32.2. The molecule has 2 amide bonds. The number of carbonyl (C=O) groups is 2. The molecule has 4 rings (SSSR count). The maximum atomic E-state index is 12.5. The SMILES string of the molecule is CC(Sc1ccc(NC(=O)c2cccs2)cc1)C(=O)Nc1ccc2c(c1)OCO2. The first-order chi connectivity index (χ1) is 14.1. The average Bonchev–Trinajstić information content (AvgIpc) is 3.41. The number of thioether (sulfide) groups is 1. The second kappa shape index (κ2) is 8.59. The summed E-state index contributed by atoms with van der Waals surface area (Å²) in [5.74, 6) is 1.07. The fraction of sp³-hybridized carbons (Fsp3) is 0.143. The molecule has 1 unspecified atom stereocenters. The number of carbonyl (C=O) groups excluding carboxylic acids is 2. The predicted octanol–water partition coefficient (Wildman–Crippen LogP) is 4.85. The number of thiophene rings is 1. The van der Waals surface area contributed by atoms with Crippen molar-refractivity contribution in [1.29, 1.82) is 0 Å². The third-order valence-electron chi connectivity index (χ3n) is 4.18. The number of amides is 2. The normalized spacial score (nSPS) is 13.0. The number of hydrogen-bond donors (Lipinski definition) is 2. The van der Waals surface area contributed by atoms with E-state index in [1.807, 2.05) is 42.6 Å². The molecule has 2 N–H and O–H groups in total. The zero-order valence-electron chi connectivity index (χ0n) is 15.5. The zero-order valence-corrected chi connectivity index (χ0v) is 17.1. The van der Waals surface area contributed by atoms with Crippen LogP contribution in [0.25, 0.3) is 0 Å². The Labute approximate surface area is 176 Å². The van der Waals surface area contributed by atoms with Crippen LogP contribution in [0.3, 0.4) is 0 Å². The van der Waals surface area contributed by atoms with E-state index in [-0.39, 0.29) is 23.9 Å². The number of hydrogen-bond acceptors (Lipinski definition) is 6. The minimum absolute atomic E-state index is 0.107. The van der Waals surface area contributed by atoms with Gasteiger partial charge in [0.15, 0.2) is 11.5 Å². The van der Waals surface area contributed by atoms with Gasteiger partial charge in [0, 0.05) is 22.3 Å². The molecule has 2 heterocycles. The van der Waals surface area contributed by atoms with E-state index in [1.165, 1.54) is 23.1 Å². The minimum Gasteiger partial charge on any atom is -0.454 e. The second-order valence-corrected chi connectivity index (χ2v) is 8.64. The van der Waals surface area contributed by atoms with Crippen LogP contribution in [0.15, 0.2) is 64.9 Å². The molecule has 1 aliphatic heterocycles. The molecule has 2 aromatic carbocycles.